The zero-order valence-electron chi connectivity index (χ0n) is 13.1. The van der Waals surface area contributed by atoms with E-state index in [0.29, 0.717) is 11.6 Å². The SMILES string of the molecule is Cc1ccc(NC(=O)/C(=C\C(=O)O)c2ccccc2)cc1C(F)(F)F. The highest BCUT2D eigenvalue weighted by molar-refractivity contribution is 6.27. The Balaban J connectivity index is 2.35. The summed E-state index contributed by atoms with van der Waals surface area (Å²) in [6.45, 7) is 1.31. The number of alkyl halides is 3. The van der Waals surface area contributed by atoms with Crippen molar-refractivity contribution in [2.24, 2.45) is 0 Å². The van der Waals surface area contributed by atoms with Crippen LogP contribution < -0.4 is 5.32 Å². The first-order chi connectivity index (χ1) is 11.7. The lowest BCUT2D eigenvalue weighted by molar-refractivity contribution is -0.138. The number of hydrogen-bond donors (Lipinski definition) is 2. The van der Waals surface area contributed by atoms with E-state index in [-0.39, 0.29) is 16.8 Å². The number of halogens is 3. The summed E-state index contributed by atoms with van der Waals surface area (Å²) >= 11 is 0. The van der Waals surface area contributed by atoms with Crippen LogP contribution in [0.4, 0.5) is 18.9 Å². The number of amides is 1. The van der Waals surface area contributed by atoms with Gasteiger partial charge in [0.15, 0.2) is 0 Å². The van der Waals surface area contributed by atoms with Crippen LogP contribution in [-0.2, 0) is 15.8 Å². The first kappa shape index (κ1) is 18.3. The summed E-state index contributed by atoms with van der Waals surface area (Å²) in [5.41, 5.74) is -0.744. The highest BCUT2D eigenvalue weighted by Gasteiger charge is 2.32. The zero-order valence-corrected chi connectivity index (χ0v) is 13.1. The van der Waals surface area contributed by atoms with E-state index in [1.54, 1.807) is 18.2 Å². The van der Waals surface area contributed by atoms with Crippen molar-refractivity contribution in [1.82, 2.24) is 0 Å². The molecule has 0 unspecified atom stereocenters. The zero-order chi connectivity index (χ0) is 18.6. The number of carboxylic acid groups (broad SMARTS) is 1. The fraction of sp³-hybridized carbons (Fsp3) is 0.111. The van der Waals surface area contributed by atoms with Crippen molar-refractivity contribution >= 4 is 23.1 Å². The highest BCUT2D eigenvalue weighted by atomic mass is 19.4. The highest BCUT2D eigenvalue weighted by Crippen LogP contribution is 2.33. The third-order valence-electron chi connectivity index (χ3n) is 3.40. The molecule has 1 amide bonds. The Morgan fingerprint density at radius 2 is 1.72 bits per heavy atom. The predicted octanol–water partition coefficient (Wildman–Crippen LogP) is 4.12. The molecule has 130 valence electrons. The summed E-state index contributed by atoms with van der Waals surface area (Å²) in [6, 6.07) is 11.4. The summed E-state index contributed by atoms with van der Waals surface area (Å²) in [5.74, 6) is -2.15. The van der Waals surface area contributed by atoms with Gasteiger partial charge >= 0.3 is 12.1 Å². The van der Waals surface area contributed by atoms with Crippen LogP contribution in [0.2, 0.25) is 0 Å². The molecule has 0 spiro atoms. The summed E-state index contributed by atoms with van der Waals surface area (Å²) < 4.78 is 38.9. The number of benzene rings is 2. The van der Waals surface area contributed by atoms with Gasteiger partial charge in [0.05, 0.1) is 11.1 Å². The molecule has 0 aromatic heterocycles. The molecule has 0 saturated carbocycles. The Bertz CT molecular complexity index is 827. The molecule has 0 heterocycles. The molecule has 0 atom stereocenters. The van der Waals surface area contributed by atoms with Gasteiger partial charge in [-0.3, -0.25) is 4.79 Å². The Kier molecular flexibility index (Phi) is 5.26. The van der Waals surface area contributed by atoms with Crippen LogP contribution >= 0.6 is 0 Å². The smallest absolute Gasteiger partial charge is 0.416 e. The lowest BCUT2D eigenvalue weighted by atomic mass is 10.0. The Labute approximate surface area is 141 Å². The van der Waals surface area contributed by atoms with Crippen molar-refractivity contribution in [2.75, 3.05) is 5.32 Å². The molecule has 0 radical (unpaired) electrons. The van der Waals surface area contributed by atoms with Gasteiger partial charge in [-0.15, -0.1) is 0 Å². The van der Waals surface area contributed by atoms with Crippen LogP contribution in [0.25, 0.3) is 5.57 Å². The van der Waals surface area contributed by atoms with Crippen LogP contribution in [0.1, 0.15) is 16.7 Å². The Morgan fingerprint density at radius 1 is 1.08 bits per heavy atom. The third-order valence-corrected chi connectivity index (χ3v) is 3.40. The molecule has 0 fully saturated rings. The fourth-order valence-corrected chi connectivity index (χ4v) is 2.22. The van der Waals surface area contributed by atoms with Gasteiger partial charge in [0.1, 0.15) is 0 Å². The molecule has 2 N–H and O–H groups in total. The monoisotopic (exact) mass is 349 g/mol. The predicted molar refractivity (Wildman–Crippen MR) is 86.9 cm³/mol. The molecular weight excluding hydrogens is 335 g/mol. The van der Waals surface area contributed by atoms with Gasteiger partial charge in [-0.1, -0.05) is 36.4 Å². The van der Waals surface area contributed by atoms with E-state index in [1.165, 1.54) is 31.2 Å². The minimum Gasteiger partial charge on any atom is -0.478 e. The van der Waals surface area contributed by atoms with E-state index in [1.807, 2.05) is 0 Å². The fourth-order valence-electron chi connectivity index (χ4n) is 2.22. The molecule has 0 aliphatic rings. The molecule has 25 heavy (non-hydrogen) atoms. The Hall–Kier alpha value is -3.09. The van der Waals surface area contributed by atoms with Crippen LogP contribution in [0.15, 0.2) is 54.6 Å². The quantitative estimate of drug-likeness (QED) is 0.816. The number of rotatable bonds is 4. The average molecular weight is 349 g/mol. The van der Waals surface area contributed by atoms with Gasteiger partial charge in [-0.2, -0.15) is 13.2 Å². The molecule has 2 aromatic rings. The summed E-state index contributed by atoms with van der Waals surface area (Å²) in [4.78, 5) is 23.3. The molecule has 7 heteroatoms. The van der Waals surface area contributed by atoms with Gasteiger partial charge < -0.3 is 10.4 Å². The van der Waals surface area contributed by atoms with Crippen molar-refractivity contribution in [3.05, 3.63) is 71.3 Å². The lowest BCUT2D eigenvalue weighted by Gasteiger charge is -2.13. The maximum absolute atomic E-state index is 13.0. The standard InChI is InChI=1S/C18H14F3NO3/c1-11-7-8-13(9-15(11)18(19,20)21)22-17(25)14(10-16(23)24)12-5-3-2-4-6-12/h2-10H,1H3,(H,22,25)(H,23,24)/b14-10-. The van der Waals surface area contributed by atoms with Crippen molar-refractivity contribution < 1.29 is 27.9 Å². The number of carboxylic acids is 1. The lowest BCUT2D eigenvalue weighted by Crippen LogP contribution is -2.16. The maximum atomic E-state index is 13.0. The van der Waals surface area contributed by atoms with Gasteiger partial charge in [-0.25, -0.2) is 4.79 Å². The van der Waals surface area contributed by atoms with Gasteiger partial charge in [-0.05, 0) is 30.2 Å². The molecule has 0 aliphatic carbocycles. The van der Waals surface area contributed by atoms with E-state index in [0.717, 1.165) is 6.07 Å². The number of nitrogens with one attached hydrogen (secondary N) is 1. The number of carbonyl (C=O) groups excluding carboxylic acids is 1. The topological polar surface area (TPSA) is 66.4 Å². The largest absolute Gasteiger partial charge is 0.478 e. The molecule has 0 bridgehead atoms. The minimum absolute atomic E-state index is 0.0230. The van der Waals surface area contributed by atoms with Crippen LogP contribution in [0.3, 0.4) is 0 Å². The van der Waals surface area contributed by atoms with Crippen LogP contribution in [0, 0.1) is 6.92 Å². The minimum atomic E-state index is -4.55. The maximum Gasteiger partial charge on any atom is 0.416 e. The number of anilines is 1. The Morgan fingerprint density at radius 3 is 2.28 bits per heavy atom. The molecule has 0 saturated heterocycles. The number of carbonyl (C=O) groups is 2. The first-order valence-electron chi connectivity index (χ1n) is 7.17. The molecular formula is C18H14F3NO3. The second kappa shape index (κ2) is 7.21. The van der Waals surface area contributed by atoms with Crippen LogP contribution in [0.5, 0.6) is 0 Å². The first-order valence-corrected chi connectivity index (χ1v) is 7.17. The summed E-state index contributed by atoms with van der Waals surface area (Å²) in [5, 5.41) is 11.3. The number of hydrogen-bond acceptors (Lipinski definition) is 2. The van der Waals surface area contributed by atoms with Crippen molar-refractivity contribution in [3.8, 4) is 0 Å². The molecule has 2 aromatic carbocycles. The summed E-state index contributed by atoms with van der Waals surface area (Å²) in [7, 11) is 0. The van der Waals surface area contributed by atoms with E-state index >= 15 is 0 Å². The van der Waals surface area contributed by atoms with Gasteiger partial charge in [0, 0.05) is 11.8 Å². The number of aliphatic carboxylic acids is 1. The molecule has 2 rings (SSSR count). The second-order valence-electron chi connectivity index (χ2n) is 5.24. The van der Waals surface area contributed by atoms with Crippen molar-refractivity contribution in [3.63, 3.8) is 0 Å². The number of aryl methyl sites for hydroxylation is 1. The summed E-state index contributed by atoms with van der Waals surface area (Å²) in [6.07, 6.45) is -3.84. The third kappa shape index (κ3) is 4.69. The van der Waals surface area contributed by atoms with E-state index < -0.39 is 23.6 Å². The molecule has 4 nitrogen and oxygen atoms in total. The normalized spacial score (nSPS) is 11.9. The van der Waals surface area contributed by atoms with Crippen molar-refractivity contribution in [1.29, 1.82) is 0 Å². The van der Waals surface area contributed by atoms with E-state index in [2.05, 4.69) is 5.32 Å². The van der Waals surface area contributed by atoms with E-state index in [4.69, 9.17) is 5.11 Å². The van der Waals surface area contributed by atoms with Crippen LogP contribution in [-0.4, -0.2) is 17.0 Å². The van der Waals surface area contributed by atoms with Crippen molar-refractivity contribution in [2.45, 2.75) is 13.1 Å². The van der Waals surface area contributed by atoms with E-state index in [9.17, 15) is 22.8 Å². The van der Waals surface area contributed by atoms with Gasteiger partial charge in [0.2, 0.25) is 0 Å². The van der Waals surface area contributed by atoms with Gasteiger partial charge in [0.25, 0.3) is 5.91 Å². The average Bonchev–Trinajstić information content (AvgIpc) is 2.54. The second-order valence-corrected chi connectivity index (χ2v) is 5.24. The molecule has 0 aliphatic heterocycles.